The summed E-state index contributed by atoms with van der Waals surface area (Å²) in [7, 11) is -1.24. The second-order valence-corrected chi connectivity index (χ2v) is 16.4. The van der Waals surface area contributed by atoms with Gasteiger partial charge in [-0.3, -0.25) is 9.59 Å². The van der Waals surface area contributed by atoms with Crippen molar-refractivity contribution in [2.75, 3.05) is 6.61 Å². The summed E-state index contributed by atoms with van der Waals surface area (Å²) in [6.45, 7) is 6.73. The molecule has 188 valence electrons. The van der Waals surface area contributed by atoms with Gasteiger partial charge in [0.05, 0.1) is 35.6 Å². The number of ether oxygens (including phenoxy) is 2. The molecule has 1 aromatic carbocycles. The molecule has 2 aliphatic heterocycles. The van der Waals surface area contributed by atoms with Crippen LogP contribution in [-0.2, 0) is 37.8 Å². The van der Waals surface area contributed by atoms with Crippen LogP contribution < -0.4 is 5.56 Å². The Kier molecular flexibility index (Phi) is 6.08. The molecule has 8 nitrogen and oxygen atoms in total. The van der Waals surface area contributed by atoms with Crippen molar-refractivity contribution >= 4 is 30.9 Å². The lowest BCUT2D eigenvalue weighted by atomic mass is 9.85. The van der Waals surface area contributed by atoms with E-state index >= 15 is 0 Å². The average Bonchev–Trinajstić information content (AvgIpc) is 3.17. The number of benzene rings is 1. The number of pyridine rings is 2. The molecule has 0 amide bonds. The maximum Gasteiger partial charge on any atom is 0.343 e. The van der Waals surface area contributed by atoms with Crippen LogP contribution >= 0.6 is 0 Å². The molecule has 36 heavy (non-hydrogen) atoms. The minimum Gasteiger partial charge on any atom is -0.466 e. The molecule has 5 rings (SSSR count). The molecular formula is C27H30N2O6Si. The normalized spacial score (nSPS) is 18.4. The molecule has 3 aromatic rings. The van der Waals surface area contributed by atoms with Gasteiger partial charge in [-0.05, 0) is 24.6 Å². The molecule has 9 heteroatoms. The summed E-state index contributed by atoms with van der Waals surface area (Å²) in [5.74, 6) is -1.21. The number of carbonyl (C=O) groups is 2. The van der Waals surface area contributed by atoms with Gasteiger partial charge in [0.15, 0.2) is 5.60 Å². The number of nitrogens with zero attached hydrogens (tertiary/aromatic N) is 2. The van der Waals surface area contributed by atoms with E-state index in [0.29, 0.717) is 24.4 Å². The Morgan fingerprint density at radius 2 is 2.00 bits per heavy atom. The van der Waals surface area contributed by atoms with Crippen molar-refractivity contribution < 1.29 is 24.2 Å². The number of rotatable bonds is 7. The highest BCUT2D eigenvalue weighted by atomic mass is 28.3. The SMILES string of the molecule is C[Si](C)(C)CCCC(=O)OCC[C@@]1(O)C(=O)OCc2c1cc1n(c2=O)Cc2cc3ccccc3nc2-1. The van der Waals surface area contributed by atoms with Crippen LogP contribution in [0.5, 0.6) is 0 Å². The fraction of sp³-hybridized carbons (Fsp3) is 0.407. The van der Waals surface area contributed by atoms with Gasteiger partial charge in [-0.1, -0.05) is 43.9 Å². The monoisotopic (exact) mass is 506 g/mol. The van der Waals surface area contributed by atoms with Gasteiger partial charge in [0.25, 0.3) is 5.56 Å². The second-order valence-electron chi connectivity index (χ2n) is 10.8. The predicted molar refractivity (Wildman–Crippen MR) is 137 cm³/mol. The highest BCUT2D eigenvalue weighted by Gasteiger charge is 2.46. The number of fused-ring (bicyclic) bond motifs is 5. The standard InChI is InChI=1S/C27H30N2O6Si/c1-36(2,3)12-6-9-23(30)34-11-10-27(33)20-14-22-24-18(13-17-7-4-5-8-21(17)28-24)15-29(22)25(31)19(20)16-35-26(27)32/h4-5,7-8,13-14,33H,6,9-12,15-16H2,1-3H3/t27-/m0/s1. The van der Waals surface area contributed by atoms with Gasteiger partial charge >= 0.3 is 11.9 Å². The molecule has 4 heterocycles. The summed E-state index contributed by atoms with van der Waals surface area (Å²) < 4.78 is 12.1. The van der Waals surface area contributed by atoms with Crippen molar-refractivity contribution in [3.05, 3.63) is 63.4 Å². The Morgan fingerprint density at radius 1 is 1.22 bits per heavy atom. The summed E-state index contributed by atoms with van der Waals surface area (Å²) >= 11 is 0. The lowest BCUT2D eigenvalue weighted by molar-refractivity contribution is -0.175. The number of hydrogen-bond acceptors (Lipinski definition) is 7. The molecule has 0 saturated heterocycles. The number of aromatic nitrogens is 2. The van der Waals surface area contributed by atoms with E-state index in [0.717, 1.165) is 28.9 Å². The molecule has 0 unspecified atom stereocenters. The van der Waals surface area contributed by atoms with Crippen molar-refractivity contribution in [3.63, 3.8) is 0 Å². The number of para-hydroxylation sites is 1. The molecule has 0 bridgehead atoms. The van der Waals surface area contributed by atoms with Crippen molar-refractivity contribution in [3.8, 4) is 11.4 Å². The van der Waals surface area contributed by atoms with Crippen molar-refractivity contribution in [2.45, 2.75) is 63.7 Å². The summed E-state index contributed by atoms with van der Waals surface area (Å²) in [4.78, 5) is 43.1. The van der Waals surface area contributed by atoms with E-state index < -0.39 is 19.6 Å². The first-order valence-electron chi connectivity index (χ1n) is 12.3. The number of hydrogen-bond donors (Lipinski definition) is 1. The first-order chi connectivity index (χ1) is 17.1. The molecule has 0 aliphatic carbocycles. The van der Waals surface area contributed by atoms with Crippen LogP contribution in [0, 0.1) is 0 Å². The van der Waals surface area contributed by atoms with Gasteiger partial charge in [-0.2, -0.15) is 0 Å². The van der Waals surface area contributed by atoms with E-state index in [4.69, 9.17) is 14.5 Å². The molecular weight excluding hydrogens is 476 g/mol. The Hall–Kier alpha value is -3.30. The second kappa shape index (κ2) is 8.97. The fourth-order valence-corrected chi connectivity index (χ4v) is 6.21. The molecule has 2 aliphatic rings. The van der Waals surface area contributed by atoms with Crippen LogP contribution in [0.4, 0.5) is 0 Å². The third-order valence-corrected chi connectivity index (χ3v) is 8.79. The van der Waals surface area contributed by atoms with Gasteiger partial charge in [0.2, 0.25) is 0 Å². The van der Waals surface area contributed by atoms with Crippen LogP contribution in [0.2, 0.25) is 25.7 Å². The molecule has 1 N–H and O–H groups in total. The van der Waals surface area contributed by atoms with Gasteiger partial charge in [0.1, 0.15) is 6.61 Å². The van der Waals surface area contributed by atoms with Crippen molar-refractivity contribution in [2.24, 2.45) is 0 Å². The maximum absolute atomic E-state index is 13.4. The fourth-order valence-electron chi connectivity index (χ4n) is 4.97. The third kappa shape index (κ3) is 4.37. The lowest BCUT2D eigenvalue weighted by Crippen LogP contribution is -2.45. The smallest absolute Gasteiger partial charge is 0.343 e. The van der Waals surface area contributed by atoms with Crippen LogP contribution in [0.3, 0.4) is 0 Å². The number of esters is 2. The van der Waals surface area contributed by atoms with E-state index in [1.54, 1.807) is 10.6 Å². The zero-order valence-corrected chi connectivity index (χ0v) is 21.8. The summed E-state index contributed by atoms with van der Waals surface area (Å²) in [6, 6.07) is 12.4. The third-order valence-electron chi connectivity index (χ3n) is 6.94. The topological polar surface area (TPSA) is 108 Å². The number of cyclic esters (lactones) is 1. The minimum absolute atomic E-state index is 0.158. The van der Waals surface area contributed by atoms with Gasteiger partial charge in [-0.25, -0.2) is 9.78 Å². The highest BCUT2D eigenvalue weighted by molar-refractivity contribution is 6.76. The quantitative estimate of drug-likeness (QED) is 0.301. The van der Waals surface area contributed by atoms with Crippen LogP contribution in [0.25, 0.3) is 22.3 Å². The first-order valence-corrected chi connectivity index (χ1v) is 16.0. The Labute approximate surface area is 209 Å². The van der Waals surface area contributed by atoms with E-state index in [1.165, 1.54) is 0 Å². The van der Waals surface area contributed by atoms with Crippen LogP contribution in [0.15, 0.2) is 41.2 Å². The molecule has 2 aromatic heterocycles. The molecule has 0 saturated carbocycles. The van der Waals surface area contributed by atoms with Gasteiger partial charge < -0.3 is 19.1 Å². The predicted octanol–water partition coefficient (Wildman–Crippen LogP) is 3.72. The lowest BCUT2D eigenvalue weighted by Gasteiger charge is -2.32. The highest BCUT2D eigenvalue weighted by Crippen LogP contribution is 2.38. The van der Waals surface area contributed by atoms with Crippen molar-refractivity contribution in [1.29, 1.82) is 0 Å². The Bertz CT molecular complexity index is 1440. The molecule has 1 atom stereocenters. The molecule has 0 spiro atoms. The number of carbonyl (C=O) groups excluding carboxylic acids is 2. The summed E-state index contributed by atoms with van der Waals surface area (Å²) in [5.41, 5.74) is 0.938. The summed E-state index contributed by atoms with van der Waals surface area (Å²) in [6.07, 6.45) is 0.863. The van der Waals surface area contributed by atoms with E-state index in [1.807, 2.05) is 30.3 Å². The van der Waals surface area contributed by atoms with Crippen molar-refractivity contribution in [1.82, 2.24) is 9.55 Å². The van der Waals surface area contributed by atoms with Gasteiger partial charge in [-0.15, -0.1) is 0 Å². The van der Waals surface area contributed by atoms with Gasteiger partial charge in [0, 0.05) is 37.4 Å². The molecule has 0 radical (unpaired) electrons. The Balaban J connectivity index is 1.42. The average molecular weight is 507 g/mol. The number of aliphatic hydroxyl groups is 1. The minimum atomic E-state index is -2.08. The first kappa shape index (κ1) is 24.4. The van der Waals surface area contributed by atoms with E-state index in [9.17, 15) is 19.5 Å². The van der Waals surface area contributed by atoms with Crippen LogP contribution in [-0.4, -0.2) is 41.3 Å². The maximum atomic E-state index is 13.4. The molecule has 0 fully saturated rings. The van der Waals surface area contributed by atoms with E-state index in [2.05, 4.69) is 19.6 Å². The van der Waals surface area contributed by atoms with Crippen LogP contribution in [0.1, 0.15) is 36.0 Å². The van der Waals surface area contributed by atoms with E-state index in [-0.39, 0.29) is 42.3 Å². The summed E-state index contributed by atoms with van der Waals surface area (Å²) in [5, 5.41) is 12.4. The Morgan fingerprint density at radius 3 is 2.78 bits per heavy atom. The zero-order chi connectivity index (χ0) is 25.7. The zero-order valence-electron chi connectivity index (χ0n) is 20.8. The largest absolute Gasteiger partial charge is 0.466 e.